The fraction of sp³-hybridized carbons (Fsp3) is 0.538. The largest absolute Gasteiger partial charge is 0.394 e. The minimum atomic E-state index is 0.196. The molecule has 2 heterocycles. The Morgan fingerprint density at radius 2 is 2.35 bits per heavy atom. The molecule has 1 aliphatic heterocycles. The van der Waals surface area contributed by atoms with Gasteiger partial charge in [-0.3, -0.25) is 0 Å². The third-order valence-electron chi connectivity index (χ3n) is 2.94. The zero-order valence-corrected chi connectivity index (χ0v) is 10.4. The molecule has 1 aromatic rings. The van der Waals surface area contributed by atoms with Gasteiger partial charge in [0, 0.05) is 12.3 Å². The number of aliphatic imine (C=N–C) groups is 1. The smallest absolute Gasteiger partial charge is 0.154 e. The monoisotopic (exact) mass is 233 g/mol. The number of hydrogen-bond acceptors (Lipinski definition) is 4. The molecule has 0 spiro atoms. The molecular weight excluding hydrogens is 214 g/mol. The summed E-state index contributed by atoms with van der Waals surface area (Å²) in [4.78, 5) is 11.0. The Bertz CT molecular complexity index is 413. The summed E-state index contributed by atoms with van der Waals surface area (Å²) in [6.45, 7) is 5.08. The summed E-state index contributed by atoms with van der Waals surface area (Å²) >= 11 is 0. The second-order valence-corrected chi connectivity index (χ2v) is 4.59. The minimum absolute atomic E-state index is 0.196. The molecule has 1 atom stereocenters. The van der Waals surface area contributed by atoms with Gasteiger partial charge in [-0.25, -0.2) is 9.98 Å². The zero-order chi connectivity index (χ0) is 12.3. The maximum atomic E-state index is 9.32. The molecule has 0 saturated carbocycles. The quantitative estimate of drug-likeness (QED) is 0.814. The average Bonchev–Trinajstić information content (AvgIpc) is 2.76. The normalized spacial score (nSPS) is 19.5. The number of pyridine rings is 1. The summed E-state index contributed by atoms with van der Waals surface area (Å²) in [5.41, 5.74) is 0.995. The van der Waals surface area contributed by atoms with E-state index in [4.69, 9.17) is 0 Å². The third-order valence-corrected chi connectivity index (χ3v) is 2.94. The fourth-order valence-electron chi connectivity index (χ4n) is 2.19. The van der Waals surface area contributed by atoms with Crippen LogP contribution in [0.1, 0.15) is 26.7 Å². The van der Waals surface area contributed by atoms with Gasteiger partial charge in [-0.2, -0.15) is 0 Å². The Kier molecular flexibility index (Phi) is 3.74. The maximum absolute atomic E-state index is 9.32. The number of rotatable bonds is 3. The number of aliphatic hydroxyl groups is 1. The van der Waals surface area contributed by atoms with Crippen molar-refractivity contribution < 1.29 is 5.11 Å². The lowest BCUT2D eigenvalue weighted by molar-refractivity contribution is 0.266. The first-order valence-corrected chi connectivity index (χ1v) is 6.07. The van der Waals surface area contributed by atoms with E-state index in [1.807, 2.05) is 32.0 Å². The number of nitrogens with zero attached hydrogens (tertiary/aromatic N) is 3. The lowest BCUT2D eigenvalue weighted by atomic mass is 10.2. The zero-order valence-electron chi connectivity index (χ0n) is 10.4. The first kappa shape index (κ1) is 12.0. The van der Waals surface area contributed by atoms with Crippen molar-refractivity contribution in [3.8, 4) is 0 Å². The van der Waals surface area contributed by atoms with Gasteiger partial charge in [0.05, 0.1) is 12.6 Å². The molecule has 1 aliphatic rings. The molecule has 1 unspecified atom stereocenters. The van der Waals surface area contributed by atoms with Gasteiger partial charge in [-0.05, 0) is 38.8 Å². The maximum Gasteiger partial charge on any atom is 0.154 e. The molecule has 0 aromatic carbocycles. The lowest BCUT2D eigenvalue weighted by Crippen LogP contribution is -2.32. The highest BCUT2D eigenvalue weighted by Crippen LogP contribution is 2.25. The lowest BCUT2D eigenvalue weighted by Gasteiger charge is -2.24. The van der Waals surface area contributed by atoms with Crippen molar-refractivity contribution in [2.24, 2.45) is 4.99 Å². The van der Waals surface area contributed by atoms with Gasteiger partial charge in [0.1, 0.15) is 5.82 Å². The van der Waals surface area contributed by atoms with Crippen LogP contribution in [0.2, 0.25) is 0 Å². The highest BCUT2D eigenvalue weighted by Gasteiger charge is 2.24. The first-order chi connectivity index (χ1) is 8.20. The van der Waals surface area contributed by atoms with Gasteiger partial charge >= 0.3 is 0 Å². The van der Waals surface area contributed by atoms with E-state index in [1.54, 1.807) is 0 Å². The number of aliphatic hydroxyl groups excluding tert-OH is 1. The molecule has 2 rings (SSSR count). The van der Waals surface area contributed by atoms with Crippen LogP contribution in [0.5, 0.6) is 0 Å². The van der Waals surface area contributed by atoms with Crippen LogP contribution in [0.4, 0.5) is 11.6 Å². The van der Waals surface area contributed by atoms with Gasteiger partial charge in [-0.1, -0.05) is 6.07 Å². The van der Waals surface area contributed by atoms with Gasteiger partial charge < -0.3 is 10.0 Å². The van der Waals surface area contributed by atoms with Crippen LogP contribution in [-0.4, -0.2) is 35.0 Å². The van der Waals surface area contributed by atoms with Crippen LogP contribution in [-0.2, 0) is 0 Å². The van der Waals surface area contributed by atoms with Crippen LogP contribution >= 0.6 is 0 Å². The predicted octanol–water partition coefficient (Wildman–Crippen LogP) is 2.15. The van der Waals surface area contributed by atoms with Crippen molar-refractivity contribution in [3.63, 3.8) is 0 Å². The molecule has 1 fully saturated rings. The molecule has 1 aromatic heterocycles. The Morgan fingerprint density at radius 3 is 3.06 bits per heavy atom. The van der Waals surface area contributed by atoms with E-state index in [0.717, 1.165) is 36.7 Å². The third kappa shape index (κ3) is 2.82. The highest BCUT2D eigenvalue weighted by atomic mass is 16.3. The number of aromatic nitrogens is 1. The van der Waals surface area contributed by atoms with E-state index in [2.05, 4.69) is 14.9 Å². The van der Waals surface area contributed by atoms with Crippen LogP contribution in [0.25, 0.3) is 0 Å². The van der Waals surface area contributed by atoms with Crippen molar-refractivity contribution >= 4 is 17.3 Å². The van der Waals surface area contributed by atoms with E-state index >= 15 is 0 Å². The molecule has 4 nitrogen and oxygen atoms in total. The molecule has 0 bridgehead atoms. The molecule has 0 radical (unpaired) electrons. The van der Waals surface area contributed by atoms with E-state index in [1.165, 1.54) is 0 Å². The van der Waals surface area contributed by atoms with Crippen LogP contribution in [0, 0.1) is 0 Å². The molecule has 0 amide bonds. The van der Waals surface area contributed by atoms with Gasteiger partial charge in [0.15, 0.2) is 5.82 Å². The van der Waals surface area contributed by atoms with Gasteiger partial charge in [-0.15, -0.1) is 0 Å². The van der Waals surface area contributed by atoms with E-state index in [9.17, 15) is 5.11 Å². The van der Waals surface area contributed by atoms with Crippen LogP contribution in [0.15, 0.2) is 23.2 Å². The van der Waals surface area contributed by atoms with Crippen molar-refractivity contribution in [2.45, 2.75) is 32.7 Å². The Hall–Kier alpha value is -1.42. The SMILES string of the molecule is CC(C)=Nc1cccc(N2CCCC2CO)n1. The fourth-order valence-corrected chi connectivity index (χ4v) is 2.19. The summed E-state index contributed by atoms with van der Waals surface area (Å²) in [7, 11) is 0. The first-order valence-electron chi connectivity index (χ1n) is 6.07. The summed E-state index contributed by atoms with van der Waals surface area (Å²) < 4.78 is 0. The van der Waals surface area contributed by atoms with E-state index < -0.39 is 0 Å². The molecule has 4 heteroatoms. The van der Waals surface area contributed by atoms with Crippen molar-refractivity contribution in [3.05, 3.63) is 18.2 Å². The molecule has 0 aliphatic carbocycles. The van der Waals surface area contributed by atoms with Crippen molar-refractivity contribution in [1.82, 2.24) is 4.98 Å². The molecule has 1 saturated heterocycles. The van der Waals surface area contributed by atoms with E-state index in [0.29, 0.717) is 0 Å². The Labute approximate surface area is 102 Å². The predicted molar refractivity (Wildman–Crippen MR) is 70.1 cm³/mol. The van der Waals surface area contributed by atoms with Crippen LogP contribution in [0.3, 0.4) is 0 Å². The highest BCUT2D eigenvalue weighted by molar-refractivity contribution is 5.81. The molecule has 1 N–H and O–H groups in total. The van der Waals surface area contributed by atoms with Crippen LogP contribution < -0.4 is 4.90 Å². The standard InChI is InChI=1S/C13H19N3O/c1-10(2)14-12-6-3-7-13(15-12)16-8-4-5-11(16)9-17/h3,6-7,11,17H,4-5,8-9H2,1-2H3. The summed E-state index contributed by atoms with van der Waals surface area (Å²) in [5, 5.41) is 9.32. The number of hydrogen-bond donors (Lipinski definition) is 1. The average molecular weight is 233 g/mol. The van der Waals surface area contributed by atoms with Gasteiger partial charge in [0.2, 0.25) is 0 Å². The second kappa shape index (κ2) is 5.27. The molecule has 17 heavy (non-hydrogen) atoms. The van der Waals surface area contributed by atoms with Crippen molar-refractivity contribution in [1.29, 1.82) is 0 Å². The second-order valence-electron chi connectivity index (χ2n) is 4.59. The minimum Gasteiger partial charge on any atom is -0.394 e. The molecule has 92 valence electrons. The van der Waals surface area contributed by atoms with Gasteiger partial charge in [0.25, 0.3) is 0 Å². The number of anilines is 1. The topological polar surface area (TPSA) is 48.7 Å². The summed E-state index contributed by atoms with van der Waals surface area (Å²) in [5.74, 6) is 1.66. The Morgan fingerprint density at radius 1 is 1.53 bits per heavy atom. The summed E-state index contributed by atoms with van der Waals surface area (Å²) in [6.07, 6.45) is 2.16. The molecular formula is C13H19N3O. The summed E-state index contributed by atoms with van der Waals surface area (Å²) in [6, 6.07) is 6.07. The van der Waals surface area contributed by atoms with Crippen molar-refractivity contribution in [2.75, 3.05) is 18.1 Å². The Balaban J connectivity index is 2.24. The van der Waals surface area contributed by atoms with E-state index in [-0.39, 0.29) is 12.6 Å².